The molecule has 0 amide bonds. The van der Waals surface area contributed by atoms with Crippen LogP contribution in [0.3, 0.4) is 0 Å². The first-order chi connectivity index (χ1) is 8.38. The Morgan fingerprint density at radius 1 is 1.00 bits per heavy atom. The Hall–Kier alpha value is -1.10. The van der Waals surface area contributed by atoms with Gasteiger partial charge in [0, 0.05) is 17.4 Å². The third kappa shape index (κ3) is 7.27. The first-order valence-electron chi connectivity index (χ1n) is 4.71. The van der Waals surface area contributed by atoms with Crippen molar-refractivity contribution in [2.75, 3.05) is 0 Å². The van der Waals surface area contributed by atoms with E-state index in [4.69, 9.17) is 14.0 Å². The number of benzene rings is 1. The van der Waals surface area contributed by atoms with E-state index in [2.05, 4.69) is 20.0 Å². The van der Waals surface area contributed by atoms with E-state index in [0.29, 0.717) is 6.42 Å². The molecule has 2 rings (SSSR count). The number of rotatable bonds is 0. The summed E-state index contributed by atoms with van der Waals surface area (Å²) in [6, 6.07) is 7.83. The monoisotopic (exact) mass is 286 g/mol. The van der Waals surface area contributed by atoms with Crippen LogP contribution in [0, 0.1) is 20.0 Å². The summed E-state index contributed by atoms with van der Waals surface area (Å²) in [6.45, 7) is 13.5. The second-order valence-electron chi connectivity index (χ2n) is 3.06. The van der Waals surface area contributed by atoms with E-state index in [1.54, 1.807) is 0 Å². The van der Waals surface area contributed by atoms with Crippen molar-refractivity contribution >= 4 is 0 Å². The smallest absolute Gasteiger partial charge is 0 e. The maximum atomic E-state index is 13.2. The summed E-state index contributed by atoms with van der Waals surface area (Å²) in [7, 11) is 0. The van der Waals surface area contributed by atoms with Crippen LogP contribution < -0.4 is 0 Å². The van der Waals surface area contributed by atoms with Gasteiger partial charge in [0.25, 0.3) is 0 Å². The fraction of sp³-hybridized carbons (Fsp3) is 0.308. The zero-order valence-corrected chi connectivity index (χ0v) is 10.8. The molecule has 0 fully saturated rings. The topological polar surface area (TPSA) is 59.7 Å². The third-order valence-electron chi connectivity index (χ3n) is 2.30. The van der Waals surface area contributed by atoms with Crippen LogP contribution in [0.1, 0.15) is 30.1 Å². The van der Waals surface area contributed by atoms with Gasteiger partial charge in [-0.3, -0.25) is 0 Å². The number of alkyl halides is 1. The van der Waals surface area contributed by atoms with E-state index in [0.717, 1.165) is 18.4 Å². The van der Waals surface area contributed by atoms with Crippen molar-refractivity contribution in [3.8, 4) is 0 Å². The average Bonchev–Trinajstić information content (AvgIpc) is 2.46. The molecule has 1 aromatic carbocycles. The molecule has 0 saturated heterocycles. The molecule has 0 aromatic heterocycles. The minimum atomic E-state index is -0.708. The second kappa shape index (κ2) is 15.9. The van der Waals surface area contributed by atoms with E-state index < -0.39 is 6.17 Å². The average molecular weight is 286 g/mol. The molecule has 3 nitrogen and oxygen atoms in total. The van der Waals surface area contributed by atoms with Gasteiger partial charge in [0.05, 0.1) is 0 Å². The van der Waals surface area contributed by atoms with Gasteiger partial charge in [0.1, 0.15) is 6.17 Å². The molecule has 1 aromatic rings. The molecule has 0 spiro atoms. The van der Waals surface area contributed by atoms with E-state index in [1.807, 2.05) is 24.3 Å². The zero-order chi connectivity index (χ0) is 13.7. The molecule has 0 aliphatic heterocycles. The van der Waals surface area contributed by atoms with E-state index in [9.17, 15) is 4.39 Å². The van der Waals surface area contributed by atoms with Crippen LogP contribution in [0.4, 0.5) is 4.39 Å². The molecular weight excluding hydrogens is 275 g/mol. The van der Waals surface area contributed by atoms with Gasteiger partial charge in [-0.25, -0.2) is 4.39 Å². The van der Waals surface area contributed by atoms with Crippen molar-refractivity contribution in [1.29, 1.82) is 0 Å². The fourth-order valence-electron chi connectivity index (χ4n) is 1.69. The van der Waals surface area contributed by atoms with Gasteiger partial charge in [-0.15, -0.1) is 0 Å². The first kappa shape index (κ1) is 22.1. The Balaban J connectivity index is -0.000000285. The minimum Gasteiger partial charge on any atom is 0 e. The van der Waals surface area contributed by atoms with Crippen LogP contribution in [-0.2, 0) is 37.7 Å². The standard InChI is InChI=1S/C10H11F.3CO.Cr/c11-10-7-3-5-8-4-1-2-6-9(8)10;3*1-2;/h1-2,4,6,10H,3,5,7H2;;;;/t10-;;;;/m1..../s1. The summed E-state index contributed by atoms with van der Waals surface area (Å²) in [6.07, 6.45) is 2.05. The SMILES string of the molecule is F[C@@H]1CCCc2ccccc21.[C-]#[O+].[C-]#[O+].[C-]#[O+].[Cr]. The van der Waals surface area contributed by atoms with Crippen LogP contribution in [0.5, 0.6) is 0 Å². The number of hydrogen-bond acceptors (Lipinski definition) is 0. The summed E-state index contributed by atoms with van der Waals surface area (Å²) < 4.78 is 35.7. The van der Waals surface area contributed by atoms with Crippen LogP contribution in [-0.4, -0.2) is 0 Å². The number of hydrogen-bond donors (Lipinski definition) is 0. The molecule has 1 atom stereocenters. The summed E-state index contributed by atoms with van der Waals surface area (Å²) >= 11 is 0. The number of aryl methyl sites for hydroxylation is 1. The van der Waals surface area contributed by atoms with Crippen LogP contribution in [0.25, 0.3) is 0 Å². The maximum Gasteiger partial charge on any atom is 0 e. The van der Waals surface area contributed by atoms with Gasteiger partial charge in [0.15, 0.2) is 0 Å². The minimum absolute atomic E-state index is 0. The molecule has 1 aliphatic rings. The van der Waals surface area contributed by atoms with E-state index in [1.165, 1.54) is 5.56 Å². The summed E-state index contributed by atoms with van der Waals surface area (Å²) in [5.41, 5.74) is 2.12. The van der Waals surface area contributed by atoms with Gasteiger partial charge in [-0.1, -0.05) is 24.3 Å². The molecule has 0 bridgehead atoms. The zero-order valence-electron chi connectivity index (χ0n) is 9.52. The molecular formula is C13H11CrFO3. The van der Waals surface area contributed by atoms with Crippen molar-refractivity contribution in [3.63, 3.8) is 0 Å². The molecule has 0 unspecified atom stereocenters. The van der Waals surface area contributed by atoms with Crippen molar-refractivity contribution in [3.05, 3.63) is 55.3 Å². The molecule has 0 radical (unpaired) electrons. The van der Waals surface area contributed by atoms with E-state index in [-0.39, 0.29) is 17.4 Å². The van der Waals surface area contributed by atoms with Crippen LogP contribution in [0.15, 0.2) is 24.3 Å². The number of fused-ring (bicyclic) bond motifs is 1. The Kier molecular flexibility index (Phi) is 19.5. The quantitative estimate of drug-likeness (QED) is 0.520. The van der Waals surface area contributed by atoms with Crippen molar-refractivity contribution in [1.82, 2.24) is 0 Å². The summed E-state index contributed by atoms with van der Waals surface area (Å²) in [4.78, 5) is 0. The summed E-state index contributed by atoms with van der Waals surface area (Å²) in [5.74, 6) is 0. The Morgan fingerprint density at radius 2 is 1.50 bits per heavy atom. The van der Waals surface area contributed by atoms with Crippen molar-refractivity contribution in [2.45, 2.75) is 25.4 Å². The third-order valence-corrected chi connectivity index (χ3v) is 2.30. The fourth-order valence-corrected chi connectivity index (χ4v) is 1.69. The predicted octanol–water partition coefficient (Wildman–Crippen LogP) is 2.92. The van der Waals surface area contributed by atoms with Gasteiger partial charge in [0.2, 0.25) is 0 Å². The predicted molar refractivity (Wildman–Crippen MR) is 55.0 cm³/mol. The molecule has 18 heavy (non-hydrogen) atoms. The molecule has 5 heteroatoms. The van der Waals surface area contributed by atoms with Gasteiger partial charge in [-0.05, 0) is 30.4 Å². The Morgan fingerprint density at radius 3 is 2.00 bits per heavy atom. The summed E-state index contributed by atoms with van der Waals surface area (Å²) in [5, 5.41) is 0. The van der Waals surface area contributed by atoms with Gasteiger partial charge in [-0.2, -0.15) is 0 Å². The number of halogens is 1. The largest absolute Gasteiger partial charge is 0 e. The van der Waals surface area contributed by atoms with Crippen molar-refractivity contribution in [2.24, 2.45) is 0 Å². The molecule has 0 N–H and O–H groups in total. The second-order valence-corrected chi connectivity index (χ2v) is 3.06. The molecule has 1 aliphatic carbocycles. The maximum absolute atomic E-state index is 13.2. The van der Waals surface area contributed by atoms with E-state index >= 15 is 0 Å². The first-order valence-corrected chi connectivity index (χ1v) is 4.71. The Bertz CT molecular complexity index is 360. The molecule has 0 heterocycles. The molecule has 0 saturated carbocycles. The van der Waals surface area contributed by atoms with Crippen molar-refractivity contribution < 1.29 is 35.7 Å². The van der Waals surface area contributed by atoms with Gasteiger partial charge < -0.3 is 0 Å². The Labute approximate surface area is 117 Å². The van der Waals surface area contributed by atoms with Crippen LogP contribution >= 0.6 is 0 Å². The van der Waals surface area contributed by atoms with Gasteiger partial charge >= 0.3 is 33.9 Å². The molecule has 94 valence electrons. The normalized spacial score (nSPS) is 14.3. The van der Waals surface area contributed by atoms with Crippen LogP contribution in [0.2, 0.25) is 0 Å².